The summed E-state index contributed by atoms with van der Waals surface area (Å²) in [7, 11) is 0. The molecule has 0 spiro atoms. The number of hydrogen-bond donors (Lipinski definition) is 0. The van der Waals surface area contributed by atoms with E-state index >= 15 is 0 Å². The summed E-state index contributed by atoms with van der Waals surface area (Å²) in [5.41, 5.74) is -0.559. The Balaban J connectivity index is 1.66. The minimum Gasteiger partial charge on any atom is -0.487 e. The third-order valence-corrected chi connectivity index (χ3v) is 6.65. The number of hydrogen-bond acceptors (Lipinski definition) is 13. The smallest absolute Gasteiger partial charge is 0.336 e. The van der Waals surface area contributed by atoms with Gasteiger partial charge in [0.2, 0.25) is 0 Å². The fraction of sp³-hybridized carbons (Fsp3) is 0.536. The van der Waals surface area contributed by atoms with Crippen LogP contribution < -0.4 is 10.4 Å². The maximum Gasteiger partial charge on any atom is 0.336 e. The van der Waals surface area contributed by atoms with Gasteiger partial charge in [-0.1, -0.05) is 0 Å². The molecule has 41 heavy (non-hydrogen) atoms. The lowest BCUT2D eigenvalue weighted by molar-refractivity contribution is -0.333. The van der Waals surface area contributed by atoms with E-state index in [0.29, 0.717) is 23.3 Å². The summed E-state index contributed by atoms with van der Waals surface area (Å²) in [5, 5.41) is 0.728. The lowest BCUT2D eigenvalue weighted by atomic mass is 9.94. The van der Waals surface area contributed by atoms with E-state index in [0.717, 1.165) is 26.2 Å². The maximum atomic E-state index is 12.1. The normalized spacial score (nSPS) is 25.5. The molecule has 222 valence electrons. The average molecular weight is 577 g/mol. The number of esters is 4. The van der Waals surface area contributed by atoms with Crippen LogP contribution in [0.15, 0.2) is 33.5 Å². The van der Waals surface area contributed by atoms with Crippen LogP contribution in [0.4, 0.5) is 0 Å². The van der Waals surface area contributed by atoms with Crippen LogP contribution in [0.1, 0.15) is 47.1 Å². The molecule has 1 aromatic heterocycles. The van der Waals surface area contributed by atoms with E-state index < -0.39 is 71.9 Å². The Bertz CT molecular complexity index is 1390. The third kappa shape index (κ3) is 6.85. The standard InChI is InChI=1S/C28H32O13/c1-13(29)34-12-20-24(35-14(2)30)25(36-15(3)31)26(37-16(4)32)27(39-20)41-28(5,6)21-11-18-19(38-21)9-7-17-8-10-22(33)40-23(17)18/h7-10,20-21,24-27H,11-12H2,1-6H3/t20-,21+,24-,25+,26-,27+/m1/s1. The van der Waals surface area contributed by atoms with Crippen molar-refractivity contribution in [2.45, 2.75) is 90.4 Å². The van der Waals surface area contributed by atoms with Gasteiger partial charge >= 0.3 is 29.5 Å². The highest BCUT2D eigenvalue weighted by atomic mass is 16.7. The molecule has 0 aliphatic carbocycles. The van der Waals surface area contributed by atoms with Gasteiger partial charge in [-0.15, -0.1) is 0 Å². The van der Waals surface area contributed by atoms with Crippen LogP contribution in [0, 0.1) is 0 Å². The topological polar surface area (TPSA) is 163 Å². The van der Waals surface area contributed by atoms with Crippen molar-refractivity contribution in [3.63, 3.8) is 0 Å². The average Bonchev–Trinajstić information content (AvgIpc) is 3.32. The number of benzene rings is 1. The summed E-state index contributed by atoms with van der Waals surface area (Å²) in [4.78, 5) is 59.6. The highest BCUT2D eigenvalue weighted by Gasteiger charge is 2.55. The molecule has 13 heteroatoms. The van der Waals surface area contributed by atoms with Crippen molar-refractivity contribution < 1.29 is 56.8 Å². The molecular weight excluding hydrogens is 544 g/mol. The summed E-state index contributed by atoms with van der Waals surface area (Å²) in [5.74, 6) is -2.35. The molecule has 0 radical (unpaired) electrons. The van der Waals surface area contributed by atoms with E-state index in [1.165, 1.54) is 13.0 Å². The zero-order valence-electron chi connectivity index (χ0n) is 23.5. The first-order valence-electron chi connectivity index (χ1n) is 13.0. The van der Waals surface area contributed by atoms with E-state index in [-0.39, 0.29) is 6.61 Å². The molecule has 2 aromatic rings. The summed E-state index contributed by atoms with van der Waals surface area (Å²) >= 11 is 0. The second kappa shape index (κ2) is 11.9. The quantitative estimate of drug-likeness (QED) is 0.255. The van der Waals surface area contributed by atoms with Gasteiger partial charge in [-0.3, -0.25) is 19.2 Å². The van der Waals surface area contributed by atoms with E-state index in [2.05, 4.69) is 0 Å². The number of carbonyl (C=O) groups excluding carboxylic acids is 4. The molecule has 1 saturated heterocycles. The van der Waals surface area contributed by atoms with Gasteiger partial charge in [0, 0.05) is 51.1 Å². The first-order chi connectivity index (χ1) is 19.2. The summed E-state index contributed by atoms with van der Waals surface area (Å²) in [6, 6.07) is 6.53. The largest absolute Gasteiger partial charge is 0.487 e. The lowest BCUT2D eigenvalue weighted by Gasteiger charge is -2.46. The molecule has 1 fully saturated rings. The Morgan fingerprint density at radius 2 is 1.46 bits per heavy atom. The monoisotopic (exact) mass is 576 g/mol. The Hall–Kier alpha value is -3.97. The molecule has 3 heterocycles. The first kappa shape index (κ1) is 30.0. The Labute approximate surface area is 234 Å². The van der Waals surface area contributed by atoms with Crippen LogP contribution in [-0.4, -0.2) is 72.9 Å². The van der Waals surface area contributed by atoms with Gasteiger partial charge in [0.25, 0.3) is 0 Å². The molecule has 13 nitrogen and oxygen atoms in total. The van der Waals surface area contributed by atoms with Gasteiger partial charge in [0.1, 0.15) is 35.7 Å². The molecule has 1 aromatic carbocycles. The second-order valence-corrected chi connectivity index (χ2v) is 10.3. The van der Waals surface area contributed by atoms with E-state index in [1.54, 1.807) is 32.0 Å². The number of ether oxygens (including phenoxy) is 7. The molecule has 6 atom stereocenters. The summed E-state index contributed by atoms with van der Waals surface area (Å²) < 4.78 is 45.5. The lowest BCUT2D eigenvalue weighted by Crippen LogP contribution is -2.64. The first-order valence-corrected chi connectivity index (χ1v) is 13.0. The van der Waals surface area contributed by atoms with Crippen molar-refractivity contribution in [2.24, 2.45) is 0 Å². The molecule has 2 aliphatic heterocycles. The van der Waals surface area contributed by atoms with Crippen molar-refractivity contribution in [1.82, 2.24) is 0 Å². The van der Waals surface area contributed by atoms with Gasteiger partial charge in [-0.25, -0.2) is 4.79 Å². The maximum absolute atomic E-state index is 12.1. The predicted molar refractivity (Wildman–Crippen MR) is 138 cm³/mol. The molecular formula is C28H32O13. The van der Waals surface area contributed by atoms with Crippen LogP contribution in [0.3, 0.4) is 0 Å². The fourth-order valence-corrected chi connectivity index (χ4v) is 4.90. The van der Waals surface area contributed by atoms with Crippen molar-refractivity contribution in [3.05, 3.63) is 40.2 Å². The summed E-state index contributed by atoms with van der Waals surface area (Å²) in [6.07, 6.45) is -6.90. The van der Waals surface area contributed by atoms with Crippen LogP contribution in [0.5, 0.6) is 5.75 Å². The predicted octanol–water partition coefficient (Wildman–Crippen LogP) is 1.97. The van der Waals surface area contributed by atoms with Gasteiger partial charge in [0.05, 0.1) is 0 Å². The zero-order chi connectivity index (χ0) is 30.1. The van der Waals surface area contributed by atoms with Gasteiger partial charge in [-0.05, 0) is 32.0 Å². The van der Waals surface area contributed by atoms with Crippen molar-refractivity contribution in [2.75, 3.05) is 6.61 Å². The van der Waals surface area contributed by atoms with Gasteiger partial charge < -0.3 is 37.6 Å². The number of carbonyl (C=O) groups is 4. The fourth-order valence-electron chi connectivity index (χ4n) is 4.90. The SMILES string of the molecule is CC(=O)OC[C@H]1O[C@@H](OC(C)(C)[C@@H]2Cc3c(ccc4ccc(=O)oc34)O2)[C@H](OC(C)=O)[C@@H](OC(C)=O)[C@@H]1OC(C)=O. The summed E-state index contributed by atoms with van der Waals surface area (Å²) in [6.45, 7) is 7.67. The molecule has 0 N–H and O–H groups in total. The molecule has 2 aliphatic rings. The molecule has 0 bridgehead atoms. The number of fused-ring (bicyclic) bond motifs is 3. The molecule has 0 saturated carbocycles. The van der Waals surface area contributed by atoms with Crippen LogP contribution in [-0.2, 0) is 54.0 Å². The Kier molecular flexibility index (Phi) is 8.69. The minimum absolute atomic E-state index is 0.303. The van der Waals surface area contributed by atoms with Crippen LogP contribution >= 0.6 is 0 Å². The van der Waals surface area contributed by atoms with Crippen LogP contribution in [0.2, 0.25) is 0 Å². The molecule has 0 unspecified atom stereocenters. The van der Waals surface area contributed by atoms with Gasteiger partial charge in [-0.2, -0.15) is 0 Å². The number of rotatable bonds is 8. The van der Waals surface area contributed by atoms with E-state index in [1.807, 2.05) is 0 Å². The minimum atomic E-state index is -1.38. The van der Waals surface area contributed by atoms with Gasteiger partial charge in [0.15, 0.2) is 24.6 Å². The molecule has 4 rings (SSSR count). The van der Waals surface area contributed by atoms with E-state index in [9.17, 15) is 24.0 Å². The highest BCUT2D eigenvalue weighted by molar-refractivity contribution is 5.82. The van der Waals surface area contributed by atoms with Crippen molar-refractivity contribution >= 4 is 34.8 Å². The Morgan fingerprint density at radius 3 is 2.10 bits per heavy atom. The highest BCUT2D eigenvalue weighted by Crippen LogP contribution is 2.40. The van der Waals surface area contributed by atoms with Crippen molar-refractivity contribution in [3.8, 4) is 5.75 Å². The molecule has 0 amide bonds. The Morgan fingerprint density at radius 1 is 0.854 bits per heavy atom. The second-order valence-electron chi connectivity index (χ2n) is 10.3. The van der Waals surface area contributed by atoms with Crippen LogP contribution in [0.25, 0.3) is 11.0 Å². The third-order valence-electron chi connectivity index (χ3n) is 6.65. The van der Waals surface area contributed by atoms with Crippen molar-refractivity contribution in [1.29, 1.82) is 0 Å². The zero-order valence-corrected chi connectivity index (χ0v) is 23.5. The van der Waals surface area contributed by atoms with E-state index in [4.69, 9.17) is 37.6 Å².